The van der Waals surface area contributed by atoms with Gasteiger partial charge in [-0.1, -0.05) is 36.9 Å². The summed E-state index contributed by atoms with van der Waals surface area (Å²) >= 11 is 1.36. The summed E-state index contributed by atoms with van der Waals surface area (Å²) in [6, 6.07) is 17.5. The van der Waals surface area contributed by atoms with Crippen molar-refractivity contribution in [3.05, 3.63) is 83.6 Å². The number of anilines is 1. The molecule has 0 bridgehead atoms. The number of benzene rings is 2. The lowest BCUT2D eigenvalue weighted by atomic mass is 10.0. The molecule has 1 saturated heterocycles. The van der Waals surface area contributed by atoms with E-state index >= 15 is 0 Å². The topological polar surface area (TPSA) is 95.6 Å². The Kier molecular flexibility index (Phi) is 7.49. The molecule has 2 heterocycles. The number of piperidine rings is 1. The van der Waals surface area contributed by atoms with Crippen LogP contribution in [0.1, 0.15) is 29.4 Å². The Hall–Kier alpha value is -3.27. The van der Waals surface area contributed by atoms with Gasteiger partial charge in [0, 0.05) is 24.3 Å². The normalized spacial score (nSPS) is 18.5. The lowest BCUT2D eigenvalue weighted by Crippen LogP contribution is -2.50. The number of amides is 2. The number of thiophene rings is 1. The third-order valence-corrected chi connectivity index (χ3v) is 8.95. The van der Waals surface area contributed by atoms with Crippen molar-refractivity contribution in [1.82, 2.24) is 9.62 Å². The second kappa shape index (κ2) is 10.6. The average Bonchev–Trinajstić information content (AvgIpc) is 3.35. The second-order valence-corrected chi connectivity index (χ2v) is 11.2. The van der Waals surface area contributed by atoms with Crippen molar-refractivity contribution in [2.45, 2.75) is 36.7 Å². The highest BCUT2D eigenvalue weighted by atomic mass is 32.2. The molecular formula is C26H27N3O4S2. The molecule has 1 aromatic heterocycles. The fraction of sp³-hybridized carbons (Fsp3) is 0.231. The second-order valence-electron chi connectivity index (χ2n) is 8.44. The number of nitrogens with one attached hydrogen (secondary N) is 2. The average molecular weight is 510 g/mol. The van der Waals surface area contributed by atoms with Crippen molar-refractivity contribution in [2.75, 3.05) is 11.9 Å². The number of carbonyl (C=O) groups excluding carboxylic acids is 2. The van der Waals surface area contributed by atoms with Crippen molar-refractivity contribution in [1.29, 1.82) is 0 Å². The van der Waals surface area contributed by atoms with Crippen molar-refractivity contribution < 1.29 is 18.0 Å². The van der Waals surface area contributed by atoms with Gasteiger partial charge in [0.25, 0.3) is 5.91 Å². The van der Waals surface area contributed by atoms with Crippen LogP contribution in [0.4, 0.5) is 5.69 Å². The molecule has 0 aliphatic carbocycles. The van der Waals surface area contributed by atoms with E-state index in [1.54, 1.807) is 12.1 Å². The fourth-order valence-corrected chi connectivity index (χ4v) is 6.64. The van der Waals surface area contributed by atoms with Crippen LogP contribution in [0.2, 0.25) is 0 Å². The Labute approximate surface area is 209 Å². The molecule has 0 saturated carbocycles. The molecule has 4 rings (SSSR count). The predicted molar refractivity (Wildman–Crippen MR) is 139 cm³/mol. The van der Waals surface area contributed by atoms with Crippen molar-refractivity contribution in [3.63, 3.8) is 0 Å². The van der Waals surface area contributed by atoms with Crippen LogP contribution in [0.5, 0.6) is 0 Å². The van der Waals surface area contributed by atoms with E-state index in [1.807, 2.05) is 48.7 Å². The monoisotopic (exact) mass is 509 g/mol. The van der Waals surface area contributed by atoms with Gasteiger partial charge in [-0.3, -0.25) is 9.59 Å². The van der Waals surface area contributed by atoms with Crippen LogP contribution in [0.15, 0.2) is 83.6 Å². The van der Waals surface area contributed by atoms with Crippen LogP contribution in [0, 0.1) is 0 Å². The molecular weight excluding hydrogens is 482 g/mol. The summed E-state index contributed by atoms with van der Waals surface area (Å²) in [7, 11) is -3.70. The summed E-state index contributed by atoms with van der Waals surface area (Å²) in [5, 5.41) is 7.61. The molecule has 2 N–H and O–H groups in total. The lowest BCUT2D eigenvalue weighted by Gasteiger charge is -2.36. The lowest BCUT2D eigenvalue weighted by molar-refractivity contribution is -0.117. The molecule has 7 nitrogen and oxygen atoms in total. The Morgan fingerprint density at radius 3 is 2.46 bits per heavy atom. The van der Waals surface area contributed by atoms with Gasteiger partial charge in [0.05, 0.1) is 9.77 Å². The molecule has 2 atom stereocenters. The molecule has 1 aliphatic rings. The molecule has 182 valence electrons. The van der Waals surface area contributed by atoms with E-state index in [-0.39, 0.29) is 28.8 Å². The summed E-state index contributed by atoms with van der Waals surface area (Å²) in [4.78, 5) is 25.0. The van der Waals surface area contributed by atoms with Crippen molar-refractivity contribution in [3.8, 4) is 11.1 Å². The van der Waals surface area contributed by atoms with E-state index in [4.69, 9.17) is 0 Å². The largest absolute Gasteiger partial charge is 0.350 e. The van der Waals surface area contributed by atoms with Crippen LogP contribution >= 0.6 is 11.3 Å². The van der Waals surface area contributed by atoms with E-state index in [1.165, 1.54) is 33.9 Å². The van der Waals surface area contributed by atoms with Crippen LogP contribution in [-0.4, -0.2) is 43.2 Å². The van der Waals surface area contributed by atoms with E-state index in [9.17, 15) is 18.0 Å². The highest BCUT2D eigenvalue weighted by Gasteiger charge is 2.34. The Balaban J connectivity index is 1.40. The van der Waals surface area contributed by atoms with Crippen molar-refractivity contribution >= 4 is 38.9 Å². The van der Waals surface area contributed by atoms with Crippen molar-refractivity contribution in [2.24, 2.45) is 0 Å². The Morgan fingerprint density at radius 2 is 1.80 bits per heavy atom. The summed E-state index contributed by atoms with van der Waals surface area (Å²) < 4.78 is 27.9. The smallest absolute Gasteiger partial charge is 0.265 e. The van der Waals surface area contributed by atoms with Gasteiger partial charge < -0.3 is 10.6 Å². The van der Waals surface area contributed by atoms with Gasteiger partial charge in [-0.15, -0.1) is 11.3 Å². The maximum Gasteiger partial charge on any atom is 0.265 e. The Morgan fingerprint density at radius 1 is 1.09 bits per heavy atom. The van der Waals surface area contributed by atoms with E-state index in [2.05, 4.69) is 17.2 Å². The first-order valence-electron chi connectivity index (χ1n) is 11.3. The molecule has 0 spiro atoms. The zero-order valence-electron chi connectivity index (χ0n) is 19.3. The molecule has 1 fully saturated rings. The van der Waals surface area contributed by atoms with Gasteiger partial charge in [0.1, 0.15) is 0 Å². The first-order valence-corrected chi connectivity index (χ1v) is 13.6. The summed E-state index contributed by atoms with van der Waals surface area (Å²) in [5.41, 5.74) is 2.53. The highest BCUT2D eigenvalue weighted by molar-refractivity contribution is 7.89. The standard InChI is InChI=1S/C26H27N3O4S2/c1-3-25(30)27-22-13-14-29(18(2)15-22)35(32,33)23-11-9-21(10-12-23)28-26(31)24-16-20(17-34-24)19-7-5-4-6-8-19/h3-12,16-18,22H,1,13-15H2,2H3,(H,27,30)(H,28,31). The van der Waals surface area contributed by atoms with Crippen LogP contribution in [0.3, 0.4) is 0 Å². The van der Waals surface area contributed by atoms with Crippen LogP contribution in [-0.2, 0) is 14.8 Å². The molecule has 0 radical (unpaired) electrons. The van der Waals surface area contributed by atoms with E-state index in [0.29, 0.717) is 30.0 Å². The number of hydrogen-bond acceptors (Lipinski definition) is 5. The first kappa shape index (κ1) is 24.8. The number of carbonyl (C=O) groups is 2. The number of nitrogens with zero attached hydrogens (tertiary/aromatic N) is 1. The summed E-state index contributed by atoms with van der Waals surface area (Å²) in [6.07, 6.45) is 2.27. The zero-order valence-corrected chi connectivity index (χ0v) is 20.9. The van der Waals surface area contributed by atoms with Gasteiger partial charge >= 0.3 is 0 Å². The van der Waals surface area contributed by atoms with Crippen LogP contribution in [0.25, 0.3) is 11.1 Å². The quantitative estimate of drug-likeness (QED) is 0.458. The predicted octanol–water partition coefficient (Wildman–Crippen LogP) is 4.51. The van der Waals surface area contributed by atoms with Gasteiger partial charge in [-0.05, 0) is 72.7 Å². The molecule has 2 aromatic carbocycles. The SMILES string of the molecule is C=CC(=O)NC1CCN(S(=O)(=O)c2ccc(NC(=O)c3cc(-c4ccccc4)cs3)cc2)C(C)C1. The number of hydrogen-bond donors (Lipinski definition) is 2. The minimum atomic E-state index is -3.70. The maximum atomic E-state index is 13.2. The van der Waals surface area contributed by atoms with Crippen LogP contribution < -0.4 is 10.6 Å². The third kappa shape index (κ3) is 5.70. The van der Waals surface area contributed by atoms with Gasteiger partial charge in [-0.25, -0.2) is 8.42 Å². The molecule has 2 amide bonds. The first-order chi connectivity index (χ1) is 16.8. The minimum Gasteiger partial charge on any atom is -0.350 e. The number of sulfonamides is 1. The molecule has 35 heavy (non-hydrogen) atoms. The minimum absolute atomic E-state index is 0.0841. The molecule has 9 heteroatoms. The van der Waals surface area contributed by atoms with Gasteiger partial charge in [0.15, 0.2) is 0 Å². The highest BCUT2D eigenvalue weighted by Crippen LogP contribution is 2.28. The van der Waals surface area contributed by atoms with Gasteiger partial charge in [0.2, 0.25) is 15.9 Å². The zero-order chi connectivity index (χ0) is 25.0. The number of rotatable bonds is 7. The van der Waals surface area contributed by atoms with Gasteiger partial charge in [-0.2, -0.15) is 4.31 Å². The maximum absolute atomic E-state index is 13.2. The van der Waals surface area contributed by atoms with E-state index in [0.717, 1.165) is 11.1 Å². The molecule has 1 aliphatic heterocycles. The fourth-order valence-electron chi connectivity index (χ4n) is 4.17. The summed E-state index contributed by atoms with van der Waals surface area (Å²) in [6.45, 7) is 5.60. The summed E-state index contributed by atoms with van der Waals surface area (Å²) in [5.74, 6) is -0.500. The molecule has 2 unspecified atom stereocenters. The van der Waals surface area contributed by atoms with E-state index < -0.39 is 10.0 Å². The third-order valence-electron chi connectivity index (χ3n) is 6.00. The molecule has 3 aromatic rings. The Bertz CT molecular complexity index is 1320.